The van der Waals surface area contributed by atoms with Gasteiger partial charge in [-0.25, -0.2) is 4.72 Å². The van der Waals surface area contributed by atoms with Crippen LogP contribution >= 0.6 is 0 Å². The average Bonchev–Trinajstić information content (AvgIpc) is 3.08. The van der Waals surface area contributed by atoms with Gasteiger partial charge in [-0.1, -0.05) is 57.9 Å². The predicted molar refractivity (Wildman–Crippen MR) is 110 cm³/mol. The van der Waals surface area contributed by atoms with Crippen molar-refractivity contribution in [2.75, 3.05) is 19.6 Å². The molecule has 0 radical (unpaired) electrons. The van der Waals surface area contributed by atoms with E-state index in [0.29, 0.717) is 19.5 Å². The molecule has 1 saturated heterocycles. The van der Waals surface area contributed by atoms with Crippen LogP contribution in [0.5, 0.6) is 0 Å². The van der Waals surface area contributed by atoms with Crippen molar-refractivity contribution in [2.45, 2.75) is 83.1 Å². The Morgan fingerprint density at radius 2 is 1.70 bits per heavy atom. The molecule has 0 spiro atoms. The van der Waals surface area contributed by atoms with Gasteiger partial charge in [0.2, 0.25) is 0 Å². The molecule has 0 bridgehead atoms. The monoisotopic (exact) mass is 399 g/mol. The van der Waals surface area contributed by atoms with Crippen LogP contribution in [0.4, 0.5) is 0 Å². The number of carbonyl (C=O) groups is 1. The highest BCUT2D eigenvalue weighted by molar-refractivity contribution is 7.87. The summed E-state index contributed by atoms with van der Waals surface area (Å²) < 4.78 is 28.4. The Labute approximate surface area is 165 Å². The Bertz CT molecular complexity index is 587. The number of unbranched alkanes of at least 4 members (excludes halogenated alkanes) is 7. The van der Waals surface area contributed by atoms with Crippen molar-refractivity contribution >= 4 is 16.1 Å². The summed E-state index contributed by atoms with van der Waals surface area (Å²) >= 11 is 0. The maximum absolute atomic E-state index is 12.7. The number of hydrogen-bond acceptors (Lipinski definition) is 4. The van der Waals surface area contributed by atoms with Crippen molar-refractivity contribution in [2.24, 2.45) is 5.92 Å². The lowest BCUT2D eigenvalue weighted by Crippen LogP contribution is -2.53. The summed E-state index contributed by atoms with van der Waals surface area (Å²) in [5.41, 5.74) is -0.796. The topological polar surface area (TPSA) is 78.5 Å². The van der Waals surface area contributed by atoms with E-state index in [4.69, 9.17) is 0 Å². The molecule has 2 rings (SSSR count). The molecule has 1 heterocycles. The standard InChI is InChI=1S/C20H37N3O3S/c1-3-5-6-7-8-9-10-11-14-21-20(17-18(20)4-2)19(24)22-27(25,26)23-15-12-13-16-23/h4,18,21H,2-3,5-17H2,1H3,(H,22,24)/t18-,20-/m1/s1. The van der Waals surface area contributed by atoms with Gasteiger partial charge in [0, 0.05) is 19.0 Å². The van der Waals surface area contributed by atoms with E-state index >= 15 is 0 Å². The lowest BCUT2D eigenvalue weighted by molar-refractivity contribution is -0.122. The van der Waals surface area contributed by atoms with Gasteiger partial charge in [-0.15, -0.1) is 6.58 Å². The van der Waals surface area contributed by atoms with E-state index in [-0.39, 0.29) is 5.92 Å². The predicted octanol–water partition coefficient (Wildman–Crippen LogP) is 3.12. The van der Waals surface area contributed by atoms with Gasteiger partial charge in [0.05, 0.1) is 0 Å². The first kappa shape index (κ1) is 22.4. The van der Waals surface area contributed by atoms with Crippen LogP contribution in [0.15, 0.2) is 12.7 Å². The van der Waals surface area contributed by atoms with Crippen LogP contribution in [0.1, 0.15) is 77.6 Å². The van der Waals surface area contributed by atoms with Crippen LogP contribution in [0, 0.1) is 5.92 Å². The van der Waals surface area contributed by atoms with Crippen LogP contribution in [-0.2, 0) is 15.0 Å². The fraction of sp³-hybridized carbons (Fsp3) is 0.850. The summed E-state index contributed by atoms with van der Waals surface area (Å²) in [4.78, 5) is 12.7. The lowest BCUT2D eigenvalue weighted by atomic mass is 10.1. The SMILES string of the molecule is C=C[C@@H]1C[C@]1(NCCCCCCCCCC)C(=O)NS(=O)(=O)N1CCCC1. The summed E-state index contributed by atoms with van der Waals surface area (Å²) in [5.74, 6) is -0.431. The fourth-order valence-corrected chi connectivity index (χ4v) is 5.17. The molecule has 0 aromatic heterocycles. The average molecular weight is 400 g/mol. The molecule has 2 N–H and O–H groups in total. The number of hydrogen-bond donors (Lipinski definition) is 2. The van der Waals surface area contributed by atoms with Gasteiger partial charge in [-0.3, -0.25) is 4.79 Å². The highest BCUT2D eigenvalue weighted by Gasteiger charge is 2.59. The third-order valence-corrected chi connectivity index (χ3v) is 7.29. The quantitative estimate of drug-likeness (QED) is 0.347. The Balaban J connectivity index is 1.73. The van der Waals surface area contributed by atoms with Crippen molar-refractivity contribution in [1.29, 1.82) is 0 Å². The van der Waals surface area contributed by atoms with Crippen molar-refractivity contribution in [3.05, 3.63) is 12.7 Å². The molecule has 0 unspecified atom stereocenters. The van der Waals surface area contributed by atoms with E-state index in [9.17, 15) is 13.2 Å². The van der Waals surface area contributed by atoms with E-state index in [1.807, 2.05) is 0 Å². The molecule has 0 aromatic carbocycles. The number of amides is 1. The minimum Gasteiger partial charge on any atom is -0.303 e. The summed E-state index contributed by atoms with van der Waals surface area (Å²) in [6, 6.07) is 0. The molecule has 2 aliphatic rings. The third kappa shape index (κ3) is 6.29. The van der Waals surface area contributed by atoms with Gasteiger partial charge in [0.1, 0.15) is 5.54 Å². The Morgan fingerprint density at radius 3 is 2.26 bits per heavy atom. The molecular formula is C20H37N3O3S. The van der Waals surface area contributed by atoms with E-state index in [1.54, 1.807) is 6.08 Å². The minimum atomic E-state index is -3.72. The lowest BCUT2D eigenvalue weighted by Gasteiger charge is -2.21. The molecule has 1 amide bonds. The molecule has 0 aromatic rings. The van der Waals surface area contributed by atoms with Gasteiger partial charge in [-0.05, 0) is 32.2 Å². The molecule has 6 nitrogen and oxygen atoms in total. The van der Waals surface area contributed by atoms with E-state index in [0.717, 1.165) is 32.2 Å². The number of nitrogens with one attached hydrogen (secondary N) is 2. The Hall–Kier alpha value is -0.920. The molecule has 2 atom stereocenters. The van der Waals surface area contributed by atoms with Gasteiger partial charge < -0.3 is 5.32 Å². The summed E-state index contributed by atoms with van der Waals surface area (Å²) in [6.07, 6.45) is 13.9. The smallest absolute Gasteiger partial charge is 0.303 e. The largest absolute Gasteiger partial charge is 0.303 e. The second-order valence-electron chi connectivity index (χ2n) is 7.96. The van der Waals surface area contributed by atoms with Crippen molar-refractivity contribution < 1.29 is 13.2 Å². The van der Waals surface area contributed by atoms with Gasteiger partial charge in [0.15, 0.2) is 0 Å². The first-order valence-electron chi connectivity index (χ1n) is 10.7. The third-order valence-electron chi connectivity index (χ3n) is 5.80. The van der Waals surface area contributed by atoms with E-state index in [1.165, 1.54) is 42.8 Å². The van der Waals surface area contributed by atoms with Crippen molar-refractivity contribution in [3.8, 4) is 0 Å². The molecule has 27 heavy (non-hydrogen) atoms. The van der Waals surface area contributed by atoms with Crippen LogP contribution in [-0.4, -0.2) is 43.8 Å². The first-order chi connectivity index (χ1) is 13.0. The molecule has 156 valence electrons. The Kier molecular flexibility index (Phi) is 8.76. The van der Waals surface area contributed by atoms with Crippen LogP contribution in [0.25, 0.3) is 0 Å². The summed E-state index contributed by atoms with van der Waals surface area (Å²) in [6.45, 7) is 7.73. The molecule has 1 aliphatic carbocycles. The molecule has 7 heteroatoms. The summed E-state index contributed by atoms with van der Waals surface area (Å²) in [5, 5.41) is 3.33. The molecule has 1 saturated carbocycles. The summed E-state index contributed by atoms with van der Waals surface area (Å²) in [7, 11) is -3.72. The van der Waals surface area contributed by atoms with Crippen LogP contribution in [0.2, 0.25) is 0 Å². The van der Waals surface area contributed by atoms with E-state index in [2.05, 4.69) is 23.5 Å². The minimum absolute atomic E-state index is 0.000298. The second-order valence-corrected chi connectivity index (χ2v) is 9.63. The fourth-order valence-electron chi connectivity index (χ4n) is 3.89. The van der Waals surface area contributed by atoms with Crippen molar-refractivity contribution in [3.63, 3.8) is 0 Å². The number of nitrogens with zero attached hydrogens (tertiary/aromatic N) is 1. The van der Waals surface area contributed by atoms with Gasteiger partial charge in [0.25, 0.3) is 5.91 Å². The van der Waals surface area contributed by atoms with Gasteiger partial charge >= 0.3 is 10.2 Å². The highest BCUT2D eigenvalue weighted by Crippen LogP contribution is 2.44. The zero-order chi connectivity index (χ0) is 19.8. The van der Waals surface area contributed by atoms with Crippen molar-refractivity contribution in [1.82, 2.24) is 14.3 Å². The number of rotatable bonds is 14. The van der Waals surface area contributed by atoms with Crippen LogP contribution in [0.3, 0.4) is 0 Å². The zero-order valence-corrected chi connectivity index (χ0v) is 17.7. The molecule has 2 fully saturated rings. The highest BCUT2D eigenvalue weighted by atomic mass is 32.2. The Morgan fingerprint density at radius 1 is 1.11 bits per heavy atom. The maximum atomic E-state index is 12.7. The molecular weight excluding hydrogens is 362 g/mol. The number of carbonyl (C=O) groups excluding carboxylic acids is 1. The van der Waals surface area contributed by atoms with E-state index < -0.39 is 21.7 Å². The molecule has 1 aliphatic heterocycles. The maximum Gasteiger partial charge on any atom is 0.303 e. The van der Waals surface area contributed by atoms with Gasteiger partial charge in [-0.2, -0.15) is 12.7 Å². The second kappa shape index (κ2) is 10.6. The van der Waals surface area contributed by atoms with Crippen LogP contribution < -0.4 is 10.0 Å². The zero-order valence-electron chi connectivity index (χ0n) is 16.8. The normalized spacial score (nSPS) is 25.4. The first-order valence-corrected chi connectivity index (χ1v) is 12.1.